The quantitative estimate of drug-likeness (QED) is 0.860. The highest BCUT2D eigenvalue weighted by Crippen LogP contribution is 2.30. The molecule has 0 unspecified atom stereocenters. The first-order chi connectivity index (χ1) is 11.5. The average molecular weight is 374 g/mol. The molecule has 1 aliphatic rings. The van der Waals surface area contributed by atoms with E-state index < -0.39 is 11.7 Å². The average Bonchev–Trinajstić information content (AvgIpc) is 2.98. The van der Waals surface area contributed by atoms with Crippen molar-refractivity contribution in [2.75, 3.05) is 13.1 Å². The normalized spacial score (nSPS) is 15.8. The van der Waals surface area contributed by atoms with Crippen LogP contribution in [-0.2, 0) is 19.1 Å². The Hall–Kier alpha value is -1.53. The van der Waals surface area contributed by atoms with E-state index in [0.29, 0.717) is 12.3 Å². The number of nitrogens with one attached hydrogen (secondary N) is 1. The smallest absolute Gasteiger partial charge is 0.317 e. The lowest BCUT2D eigenvalue weighted by Gasteiger charge is -2.23. The molecule has 1 saturated heterocycles. The fourth-order valence-corrected chi connectivity index (χ4v) is 3.29. The summed E-state index contributed by atoms with van der Waals surface area (Å²) >= 11 is 0. The van der Waals surface area contributed by atoms with Crippen LogP contribution in [0.5, 0.6) is 0 Å². The molecule has 0 aliphatic carbocycles. The van der Waals surface area contributed by atoms with Crippen LogP contribution in [0.4, 0.5) is 13.2 Å². The molecule has 25 heavy (non-hydrogen) atoms. The molecule has 1 N–H and O–H groups in total. The van der Waals surface area contributed by atoms with Gasteiger partial charge in [-0.3, -0.25) is 4.68 Å². The van der Waals surface area contributed by atoms with Gasteiger partial charge < -0.3 is 5.32 Å². The molecule has 0 spiro atoms. The third-order valence-corrected chi connectivity index (χ3v) is 4.59. The van der Waals surface area contributed by atoms with Crippen LogP contribution in [0.2, 0.25) is 0 Å². The molecule has 7 heteroatoms. The van der Waals surface area contributed by atoms with E-state index in [1.165, 1.54) is 17.8 Å². The van der Waals surface area contributed by atoms with Crippen molar-refractivity contribution >= 4 is 12.4 Å². The molecule has 2 aromatic rings. The lowest BCUT2D eigenvalue weighted by molar-refractivity contribution is -0.137. The van der Waals surface area contributed by atoms with E-state index in [2.05, 4.69) is 23.4 Å². The Morgan fingerprint density at radius 2 is 1.80 bits per heavy atom. The Balaban J connectivity index is 0.00000225. The number of aromatic nitrogens is 2. The molecule has 0 atom stereocenters. The molecule has 0 amide bonds. The van der Waals surface area contributed by atoms with E-state index in [1.807, 2.05) is 4.68 Å². The third kappa shape index (κ3) is 4.76. The minimum absolute atomic E-state index is 0. The first-order valence-corrected chi connectivity index (χ1v) is 8.41. The zero-order valence-corrected chi connectivity index (χ0v) is 15.0. The van der Waals surface area contributed by atoms with Crippen LogP contribution in [0.1, 0.15) is 48.2 Å². The highest BCUT2D eigenvalue weighted by molar-refractivity contribution is 5.85. The number of nitrogens with zero attached hydrogens (tertiary/aromatic N) is 2. The Bertz CT molecular complexity index is 674. The Labute approximate surface area is 152 Å². The Morgan fingerprint density at radius 3 is 2.36 bits per heavy atom. The molecule has 1 fully saturated rings. The Morgan fingerprint density at radius 1 is 1.16 bits per heavy atom. The minimum atomic E-state index is -4.29. The minimum Gasteiger partial charge on any atom is -0.317 e. The topological polar surface area (TPSA) is 29.9 Å². The van der Waals surface area contributed by atoms with Gasteiger partial charge in [-0.25, -0.2) is 0 Å². The summed E-state index contributed by atoms with van der Waals surface area (Å²) in [5.74, 6) is 0.514. The molecule has 3 nitrogen and oxygen atoms in total. The maximum atomic E-state index is 12.6. The number of piperidine rings is 1. The van der Waals surface area contributed by atoms with E-state index in [0.717, 1.165) is 55.9 Å². The van der Waals surface area contributed by atoms with Crippen molar-refractivity contribution < 1.29 is 13.2 Å². The van der Waals surface area contributed by atoms with Crippen LogP contribution in [0.15, 0.2) is 30.3 Å². The number of rotatable bonds is 4. The summed E-state index contributed by atoms with van der Waals surface area (Å²) < 4.78 is 39.9. The summed E-state index contributed by atoms with van der Waals surface area (Å²) in [5, 5.41) is 8.01. The predicted molar refractivity (Wildman–Crippen MR) is 94.2 cm³/mol. The molecule has 1 aromatic carbocycles. The van der Waals surface area contributed by atoms with Crippen LogP contribution >= 0.6 is 12.4 Å². The second kappa shape index (κ2) is 8.23. The van der Waals surface area contributed by atoms with Crippen LogP contribution in [0.25, 0.3) is 0 Å². The Kier molecular flexibility index (Phi) is 6.52. The number of hydrogen-bond acceptors (Lipinski definition) is 2. The molecule has 2 heterocycles. The largest absolute Gasteiger partial charge is 0.416 e. The summed E-state index contributed by atoms with van der Waals surface area (Å²) in [6.45, 7) is 4.92. The zero-order valence-electron chi connectivity index (χ0n) is 14.1. The molecule has 3 rings (SSSR count). The van der Waals surface area contributed by atoms with Crippen molar-refractivity contribution in [3.05, 3.63) is 52.8 Å². The van der Waals surface area contributed by atoms with Crippen LogP contribution in [-0.4, -0.2) is 22.9 Å². The summed E-state index contributed by atoms with van der Waals surface area (Å²) in [5.41, 5.74) is 2.41. The molecule has 0 saturated carbocycles. The van der Waals surface area contributed by atoms with Gasteiger partial charge in [0.15, 0.2) is 0 Å². The molecule has 0 bridgehead atoms. The maximum absolute atomic E-state index is 12.6. The predicted octanol–water partition coefficient (Wildman–Crippen LogP) is 4.40. The second-order valence-electron chi connectivity index (χ2n) is 6.27. The van der Waals surface area contributed by atoms with Gasteiger partial charge in [-0.2, -0.15) is 18.3 Å². The van der Waals surface area contributed by atoms with Gasteiger partial charge in [-0.1, -0.05) is 12.1 Å². The van der Waals surface area contributed by atoms with Gasteiger partial charge in [0, 0.05) is 24.6 Å². The molecular formula is C18H23ClF3N3. The maximum Gasteiger partial charge on any atom is 0.416 e. The van der Waals surface area contributed by atoms with Gasteiger partial charge in [0.1, 0.15) is 0 Å². The van der Waals surface area contributed by atoms with Gasteiger partial charge in [0.2, 0.25) is 0 Å². The van der Waals surface area contributed by atoms with Crippen molar-refractivity contribution in [3.63, 3.8) is 0 Å². The van der Waals surface area contributed by atoms with E-state index in [-0.39, 0.29) is 12.4 Å². The van der Waals surface area contributed by atoms with Crippen LogP contribution in [0, 0.1) is 0 Å². The lowest BCUT2D eigenvalue weighted by atomic mass is 9.94. The highest BCUT2D eigenvalue weighted by atomic mass is 35.5. The van der Waals surface area contributed by atoms with Gasteiger partial charge in [0.05, 0.1) is 11.3 Å². The fourth-order valence-electron chi connectivity index (χ4n) is 3.29. The number of aryl methyl sites for hydroxylation is 1. The van der Waals surface area contributed by atoms with Crippen molar-refractivity contribution in [1.82, 2.24) is 15.1 Å². The summed E-state index contributed by atoms with van der Waals surface area (Å²) in [7, 11) is 0. The van der Waals surface area contributed by atoms with E-state index in [1.54, 1.807) is 0 Å². The fraction of sp³-hybridized carbons (Fsp3) is 0.500. The van der Waals surface area contributed by atoms with Crippen molar-refractivity contribution in [1.29, 1.82) is 0 Å². The van der Waals surface area contributed by atoms with Crippen molar-refractivity contribution in [2.24, 2.45) is 0 Å². The first kappa shape index (κ1) is 19.8. The third-order valence-electron chi connectivity index (χ3n) is 4.59. The van der Waals surface area contributed by atoms with Gasteiger partial charge in [-0.15, -0.1) is 12.4 Å². The van der Waals surface area contributed by atoms with Gasteiger partial charge >= 0.3 is 6.18 Å². The van der Waals surface area contributed by atoms with Crippen molar-refractivity contribution in [3.8, 4) is 0 Å². The summed E-state index contributed by atoms with van der Waals surface area (Å²) in [6.07, 6.45) is -1.52. The number of benzene rings is 1. The standard InChI is InChI=1S/C18H22F3N3.ClH/c1-2-24-17(14-7-9-22-10-8-14)12-16(23-24)11-13-3-5-15(6-4-13)18(19,20)21;/h3-6,12,14,22H,2,7-11H2,1H3;1H. The highest BCUT2D eigenvalue weighted by Gasteiger charge is 2.30. The molecule has 0 radical (unpaired) electrons. The van der Waals surface area contributed by atoms with E-state index in [9.17, 15) is 13.2 Å². The molecular weight excluding hydrogens is 351 g/mol. The number of hydrogen-bond donors (Lipinski definition) is 1. The molecule has 138 valence electrons. The van der Waals surface area contributed by atoms with E-state index in [4.69, 9.17) is 0 Å². The lowest BCUT2D eigenvalue weighted by Crippen LogP contribution is -2.27. The SMILES string of the molecule is CCn1nc(Cc2ccc(C(F)(F)F)cc2)cc1C1CCNCC1.Cl. The zero-order chi connectivity index (χ0) is 17.2. The number of alkyl halides is 3. The number of halogens is 4. The van der Waals surface area contributed by atoms with Gasteiger partial charge in [0.25, 0.3) is 0 Å². The molecule has 1 aromatic heterocycles. The first-order valence-electron chi connectivity index (χ1n) is 8.41. The molecule has 1 aliphatic heterocycles. The van der Waals surface area contributed by atoms with Crippen LogP contribution < -0.4 is 5.32 Å². The van der Waals surface area contributed by atoms with Crippen molar-refractivity contribution in [2.45, 2.75) is 44.8 Å². The monoisotopic (exact) mass is 373 g/mol. The second-order valence-corrected chi connectivity index (χ2v) is 6.27. The van der Waals surface area contributed by atoms with Crippen LogP contribution in [0.3, 0.4) is 0 Å². The summed E-state index contributed by atoms with van der Waals surface area (Å²) in [6, 6.07) is 7.48. The van der Waals surface area contributed by atoms with E-state index >= 15 is 0 Å². The van der Waals surface area contributed by atoms with Gasteiger partial charge in [-0.05, 0) is 56.6 Å². The summed E-state index contributed by atoms with van der Waals surface area (Å²) in [4.78, 5) is 0.